The Morgan fingerprint density at radius 2 is 2.38 bits per heavy atom. The molecule has 21 heavy (non-hydrogen) atoms. The Kier molecular flexibility index (Phi) is 3.85. The molecule has 1 amide bonds. The molecule has 0 fully saturated rings. The average Bonchev–Trinajstić information content (AvgIpc) is 3.21. The van der Waals surface area contributed by atoms with Gasteiger partial charge in [0.05, 0.1) is 29.9 Å². The summed E-state index contributed by atoms with van der Waals surface area (Å²) >= 11 is 1.57. The summed E-state index contributed by atoms with van der Waals surface area (Å²) in [6.45, 7) is 0.256. The molecule has 7 heteroatoms. The van der Waals surface area contributed by atoms with E-state index in [2.05, 4.69) is 10.4 Å². The molecule has 3 aromatic heterocycles. The molecule has 0 aliphatic heterocycles. The molecule has 0 bridgehead atoms. The second kappa shape index (κ2) is 5.94. The van der Waals surface area contributed by atoms with Gasteiger partial charge in [-0.05, 0) is 17.5 Å². The van der Waals surface area contributed by atoms with Crippen molar-refractivity contribution in [2.45, 2.75) is 6.54 Å². The highest BCUT2D eigenvalue weighted by molar-refractivity contribution is 7.13. The van der Waals surface area contributed by atoms with Crippen molar-refractivity contribution in [3.8, 4) is 10.6 Å². The number of aliphatic hydroxyl groups excluding tert-OH is 1. The van der Waals surface area contributed by atoms with Gasteiger partial charge in [-0.15, -0.1) is 11.3 Å². The number of amides is 1. The van der Waals surface area contributed by atoms with Crippen LogP contribution in [-0.4, -0.2) is 27.4 Å². The summed E-state index contributed by atoms with van der Waals surface area (Å²) in [6.07, 6.45) is 2.82. The fourth-order valence-corrected chi connectivity index (χ4v) is 2.59. The minimum absolute atomic E-state index is 0.0554. The third-order valence-corrected chi connectivity index (χ3v) is 3.78. The maximum atomic E-state index is 12.1. The van der Waals surface area contributed by atoms with E-state index in [-0.39, 0.29) is 12.5 Å². The van der Waals surface area contributed by atoms with Crippen LogP contribution in [0.15, 0.2) is 46.6 Å². The molecule has 108 valence electrons. The van der Waals surface area contributed by atoms with Crippen LogP contribution in [-0.2, 0) is 6.54 Å². The monoisotopic (exact) mass is 303 g/mol. The Morgan fingerprint density at radius 3 is 3.05 bits per heavy atom. The molecular weight excluding hydrogens is 290 g/mol. The SMILES string of the molecule is O=C(Nc1cc(-c2cccs2)nn1CCO)c1ccoc1. The van der Waals surface area contributed by atoms with E-state index < -0.39 is 0 Å². The highest BCUT2D eigenvalue weighted by Gasteiger charge is 2.14. The van der Waals surface area contributed by atoms with Crippen LogP contribution in [0.25, 0.3) is 10.6 Å². The Balaban J connectivity index is 1.88. The summed E-state index contributed by atoms with van der Waals surface area (Å²) in [5.41, 5.74) is 1.20. The Labute approximate surface area is 124 Å². The van der Waals surface area contributed by atoms with Crippen molar-refractivity contribution < 1.29 is 14.3 Å². The van der Waals surface area contributed by atoms with Crippen LogP contribution >= 0.6 is 11.3 Å². The zero-order chi connectivity index (χ0) is 14.7. The number of hydrogen-bond donors (Lipinski definition) is 2. The van der Waals surface area contributed by atoms with Gasteiger partial charge in [0.2, 0.25) is 0 Å². The summed E-state index contributed by atoms with van der Waals surface area (Å²) in [7, 11) is 0. The molecule has 6 nitrogen and oxygen atoms in total. The molecule has 0 saturated carbocycles. The number of thiophene rings is 1. The van der Waals surface area contributed by atoms with E-state index in [1.165, 1.54) is 12.5 Å². The third-order valence-electron chi connectivity index (χ3n) is 2.89. The number of rotatable bonds is 5. The summed E-state index contributed by atoms with van der Waals surface area (Å²) in [5.74, 6) is 0.263. The lowest BCUT2D eigenvalue weighted by molar-refractivity contribution is 0.102. The molecule has 0 unspecified atom stereocenters. The summed E-state index contributed by atoms with van der Waals surface area (Å²) in [5, 5.41) is 18.3. The van der Waals surface area contributed by atoms with Gasteiger partial charge < -0.3 is 14.8 Å². The lowest BCUT2D eigenvalue weighted by Crippen LogP contribution is -2.16. The maximum Gasteiger partial charge on any atom is 0.260 e. The molecule has 2 N–H and O–H groups in total. The number of furan rings is 1. The van der Waals surface area contributed by atoms with Gasteiger partial charge in [-0.1, -0.05) is 6.07 Å². The molecule has 3 rings (SSSR count). The van der Waals surface area contributed by atoms with Gasteiger partial charge >= 0.3 is 0 Å². The normalized spacial score (nSPS) is 10.7. The van der Waals surface area contributed by atoms with Crippen LogP contribution < -0.4 is 5.32 Å². The molecule has 0 aromatic carbocycles. The van der Waals surface area contributed by atoms with Crippen molar-refractivity contribution in [2.24, 2.45) is 0 Å². The number of aromatic nitrogens is 2. The van der Waals surface area contributed by atoms with Gasteiger partial charge in [-0.25, -0.2) is 4.68 Å². The molecule has 0 radical (unpaired) electrons. The predicted molar refractivity (Wildman–Crippen MR) is 79.3 cm³/mol. The van der Waals surface area contributed by atoms with E-state index in [4.69, 9.17) is 9.52 Å². The number of aliphatic hydroxyl groups is 1. The molecule has 0 atom stereocenters. The van der Waals surface area contributed by atoms with Crippen LogP contribution in [0.5, 0.6) is 0 Å². The molecule has 0 spiro atoms. The molecule has 0 saturated heterocycles. The Hall–Kier alpha value is -2.38. The van der Waals surface area contributed by atoms with E-state index in [0.717, 1.165) is 10.6 Å². The van der Waals surface area contributed by atoms with E-state index in [1.54, 1.807) is 28.2 Å². The summed E-state index contributed by atoms with van der Waals surface area (Å²) < 4.78 is 6.47. The first kappa shape index (κ1) is 13.6. The number of carbonyl (C=O) groups excluding carboxylic acids is 1. The largest absolute Gasteiger partial charge is 0.472 e. The van der Waals surface area contributed by atoms with Crippen LogP contribution in [0.3, 0.4) is 0 Å². The zero-order valence-electron chi connectivity index (χ0n) is 11.0. The smallest absolute Gasteiger partial charge is 0.260 e. The molecular formula is C14H13N3O3S. The number of anilines is 1. The third kappa shape index (κ3) is 2.88. The van der Waals surface area contributed by atoms with Crippen molar-refractivity contribution >= 4 is 23.1 Å². The van der Waals surface area contributed by atoms with E-state index >= 15 is 0 Å². The lowest BCUT2D eigenvalue weighted by atomic mass is 10.3. The first-order valence-corrected chi connectivity index (χ1v) is 7.22. The molecule has 0 aliphatic carbocycles. The number of nitrogens with zero attached hydrogens (tertiary/aromatic N) is 2. The van der Waals surface area contributed by atoms with Crippen LogP contribution in [0.4, 0.5) is 5.82 Å². The fourth-order valence-electron chi connectivity index (χ4n) is 1.91. The number of hydrogen-bond acceptors (Lipinski definition) is 5. The van der Waals surface area contributed by atoms with Gasteiger partial charge in [-0.2, -0.15) is 5.10 Å². The average molecular weight is 303 g/mol. The van der Waals surface area contributed by atoms with E-state index in [0.29, 0.717) is 17.9 Å². The van der Waals surface area contributed by atoms with Crippen molar-refractivity contribution in [3.05, 3.63) is 47.7 Å². The lowest BCUT2D eigenvalue weighted by Gasteiger charge is -2.06. The van der Waals surface area contributed by atoms with Crippen molar-refractivity contribution in [1.82, 2.24) is 9.78 Å². The van der Waals surface area contributed by atoms with Gasteiger partial charge in [0, 0.05) is 6.07 Å². The van der Waals surface area contributed by atoms with Crippen LogP contribution in [0.1, 0.15) is 10.4 Å². The van der Waals surface area contributed by atoms with E-state index in [1.807, 2.05) is 17.5 Å². The predicted octanol–water partition coefficient (Wildman–Crippen LogP) is 2.45. The second-order valence-corrected chi connectivity index (χ2v) is 5.25. The number of carbonyl (C=O) groups is 1. The van der Waals surface area contributed by atoms with Crippen LogP contribution in [0.2, 0.25) is 0 Å². The minimum atomic E-state index is -0.277. The number of nitrogens with one attached hydrogen (secondary N) is 1. The first-order chi connectivity index (χ1) is 10.3. The standard InChI is InChI=1S/C14H13N3O3S/c18-5-4-17-13(15-14(19)10-3-6-20-9-10)8-11(16-17)12-2-1-7-21-12/h1-3,6-9,18H,4-5H2,(H,15,19). The molecule has 3 heterocycles. The molecule has 0 aliphatic rings. The highest BCUT2D eigenvalue weighted by Crippen LogP contribution is 2.26. The maximum absolute atomic E-state index is 12.1. The quantitative estimate of drug-likeness (QED) is 0.758. The van der Waals surface area contributed by atoms with Crippen molar-refractivity contribution in [3.63, 3.8) is 0 Å². The van der Waals surface area contributed by atoms with E-state index in [9.17, 15) is 4.79 Å². The Morgan fingerprint density at radius 1 is 1.48 bits per heavy atom. The fraction of sp³-hybridized carbons (Fsp3) is 0.143. The van der Waals surface area contributed by atoms with Gasteiger partial charge in [0.25, 0.3) is 5.91 Å². The van der Waals surface area contributed by atoms with Gasteiger partial charge in [0.1, 0.15) is 17.8 Å². The second-order valence-electron chi connectivity index (χ2n) is 4.31. The summed E-state index contributed by atoms with van der Waals surface area (Å²) in [6, 6.07) is 7.27. The Bertz CT molecular complexity index is 717. The van der Waals surface area contributed by atoms with Crippen molar-refractivity contribution in [2.75, 3.05) is 11.9 Å². The highest BCUT2D eigenvalue weighted by atomic mass is 32.1. The summed E-state index contributed by atoms with van der Waals surface area (Å²) in [4.78, 5) is 13.1. The van der Waals surface area contributed by atoms with Crippen molar-refractivity contribution in [1.29, 1.82) is 0 Å². The van der Waals surface area contributed by atoms with Gasteiger partial charge in [0.15, 0.2) is 0 Å². The van der Waals surface area contributed by atoms with Crippen LogP contribution in [0, 0.1) is 0 Å². The van der Waals surface area contributed by atoms with Gasteiger partial charge in [-0.3, -0.25) is 4.79 Å². The molecule has 3 aromatic rings. The topological polar surface area (TPSA) is 80.3 Å². The first-order valence-electron chi connectivity index (χ1n) is 6.34. The minimum Gasteiger partial charge on any atom is -0.472 e. The zero-order valence-corrected chi connectivity index (χ0v) is 11.8.